The Balaban J connectivity index is 1.29. The number of aryl methyl sites for hydroxylation is 2. The first kappa shape index (κ1) is 25.4. The summed E-state index contributed by atoms with van der Waals surface area (Å²) in [4.78, 5) is 18.5. The predicted octanol–water partition coefficient (Wildman–Crippen LogP) is 3.78. The number of amides is 1. The summed E-state index contributed by atoms with van der Waals surface area (Å²) in [6, 6.07) is 12.3. The fourth-order valence-electron chi connectivity index (χ4n) is 4.78. The third-order valence-electron chi connectivity index (χ3n) is 6.75. The fourth-order valence-corrected chi connectivity index (χ4v) is 5.87. The van der Waals surface area contributed by atoms with Crippen LogP contribution in [0, 0.1) is 25.2 Å². The zero-order valence-electron chi connectivity index (χ0n) is 21.3. The molecule has 1 fully saturated rings. The highest BCUT2D eigenvalue weighted by atomic mass is 32.1. The molecule has 192 valence electrons. The highest BCUT2D eigenvalue weighted by molar-refractivity contribution is 7.19. The Morgan fingerprint density at radius 1 is 1.32 bits per heavy atom. The number of aromatic nitrogens is 2. The van der Waals surface area contributed by atoms with Gasteiger partial charge in [0.2, 0.25) is 0 Å². The number of carbonyl (C=O) groups is 1. The molecule has 3 aromatic heterocycles. The lowest BCUT2D eigenvalue weighted by atomic mass is 10.1. The van der Waals surface area contributed by atoms with Gasteiger partial charge in [-0.25, -0.2) is 0 Å². The van der Waals surface area contributed by atoms with Crippen LogP contribution in [0.1, 0.15) is 22.7 Å². The van der Waals surface area contributed by atoms with E-state index in [-0.39, 0.29) is 12.0 Å². The van der Waals surface area contributed by atoms with Crippen LogP contribution in [0.4, 0.5) is 0 Å². The first-order chi connectivity index (χ1) is 17.9. The van der Waals surface area contributed by atoms with Crippen molar-refractivity contribution in [3.05, 3.63) is 59.0 Å². The third kappa shape index (κ3) is 5.68. The Labute approximate surface area is 220 Å². The number of ether oxygens (including phenoxy) is 2. The van der Waals surface area contributed by atoms with Crippen molar-refractivity contribution in [2.75, 3.05) is 26.8 Å². The second kappa shape index (κ2) is 11.0. The minimum absolute atomic E-state index is 0.0477. The van der Waals surface area contributed by atoms with Crippen LogP contribution in [-0.4, -0.2) is 60.3 Å². The largest absolute Gasteiger partial charge is 0.379 e. The van der Waals surface area contributed by atoms with Crippen molar-refractivity contribution >= 4 is 32.8 Å². The lowest BCUT2D eigenvalue weighted by Gasteiger charge is -2.25. The number of benzene rings is 1. The molecule has 9 heteroatoms. The van der Waals surface area contributed by atoms with E-state index in [4.69, 9.17) is 9.47 Å². The molecule has 1 saturated heterocycles. The van der Waals surface area contributed by atoms with E-state index < -0.39 is 12.1 Å². The molecule has 2 N–H and O–H groups in total. The topological polar surface area (TPSA) is 101 Å². The van der Waals surface area contributed by atoms with Crippen LogP contribution in [-0.2, 0) is 20.7 Å². The molecule has 0 radical (unpaired) electrons. The molecule has 1 unspecified atom stereocenters. The number of nitriles is 1. The van der Waals surface area contributed by atoms with Crippen molar-refractivity contribution in [2.45, 2.75) is 44.9 Å². The van der Waals surface area contributed by atoms with Gasteiger partial charge in [0.05, 0.1) is 35.7 Å². The van der Waals surface area contributed by atoms with Gasteiger partial charge < -0.3 is 24.5 Å². The summed E-state index contributed by atoms with van der Waals surface area (Å²) in [7, 11) is 1.64. The Kier molecular flexibility index (Phi) is 7.53. The summed E-state index contributed by atoms with van der Waals surface area (Å²) in [5.41, 5.74) is 5.36. The molecule has 1 aromatic carbocycles. The van der Waals surface area contributed by atoms with Crippen LogP contribution in [0.15, 0.2) is 42.7 Å². The van der Waals surface area contributed by atoms with Crippen LogP contribution >= 0.6 is 11.3 Å². The summed E-state index contributed by atoms with van der Waals surface area (Å²) in [5.74, 6) is -0.278. The second-order valence-corrected chi connectivity index (χ2v) is 10.7. The number of rotatable bonds is 6. The van der Waals surface area contributed by atoms with Crippen molar-refractivity contribution in [3.63, 3.8) is 0 Å². The number of hydrogen-bond acceptors (Lipinski definition) is 7. The van der Waals surface area contributed by atoms with Gasteiger partial charge in [0.25, 0.3) is 5.91 Å². The SMILES string of the molecule is CO[C@@H]1CCNC[C@@H](C(=O)NC(C#N)Cc2cc3cc(-c4cc5c(C)nc(C)cn5c4)ccc3s2)OC1. The maximum atomic E-state index is 12.8. The Morgan fingerprint density at radius 2 is 2.19 bits per heavy atom. The van der Waals surface area contributed by atoms with Crippen LogP contribution in [0.5, 0.6) is 0 Å². The first-order valence-corrected chi connectivity index (χ1v) is 13.3. The van der Waals surface area contributed by atoms with Crippen LogP contribution in [0.2, 0.25) is 0 Å². The second-order valence-electron chi connectivity index (χ2n) is 9.52. The molecule has 0 spiro atoms. The van der Waals surface area contributed by atoms with Gasteiger partial charge in [0.1, 0.15) is 12.1 Å². The standard InChI is InChI=1S/C28H31N5O3S/c1-17-14-33-15-21(10-25(33)18(2)31-17)19-4-5-27-20(8-19)9-24(37-27)11-22(12-29)32-28(34)26-13-30-7-6-23(35-3)16-36-26/h4-5,8-10,14-15,22-23,26,30H,6-7,11,13,16H2,1-3H3,(H,32,34)/t22?,23-,26+/m1/s1. The van der Waals surface area contributed by atoms with Gasteiger partial charge in [0.15, 0.2) is 0 Å². The minimum Gasteiger partial charge on any atom is -0.379 e. The van der Waals surface area contributed by atoms with Gasteiger partial charge in [-0.2, -0.15) is 5.26 Å². The molecule has 37 heavy (non-hydrogen) atoms. The van der Waals surface area contributed by atoms with Crippen molar-refractivity contribution in [1.82, 2.24) is 20.0 Å². The van der Waals surface area contributed by atoms with Gasteiger partial charge in [0, 0.05) is 47.6 Å². The van der Waals surface area contributed by atoms with E-state index in [0.29, 0.717) is 19.6 Å². The molecule has 5 rings (SSSR count). The number of carbonyl (C=O) groups excluding carboxylic acids is 1. The van der Waals surface area contributed by atoms with Gasteiger partial charge in [-0.05, 0) is 62.0 Å². The minimum atomic E-state index is -0.653. The van der Waals surface area contributed by atoms with Crippen LogP contribution < -0.4 is 10.6 Å². The van der Waals surface area contributed by atoms with E-state index in [1.165, 1.54) is 0 Å². The zero-order valence-corrected chi connectivity index (χ0v) is 22.1. The molecule has 0 saturated carbocycles. The quantitative estimate of drug-likeness (QED) is 0.404. The Bertz CT molecular complexity index is 1470. The van der Waals surface area contributed by atoms with Crippen LogP contribution in [0.25, 0.3) is 26.7 Å². The summed E-state index contributed by atoms with van der Waals surface area (Å²) in [5, 5.41) is 17.0. The lowest BCUT2D eigenvalue weighted by Crippen LogP contribution is -2.49. The Hall–Kier alpha value is -3.29. The van der Waals surface area contributed by atoms with Crippen molar-refractivity contribution in [3.8, 4) is 17.2 Å². The third-order valence-corrected chi connectivity index (χ3v) is 7.89. The van der Waals surface area contributed by atoms with E-state index in [0.717, 1.165) is 56.0 Å². The van der Waals surface area contributed by atoms with Gasteiger partial charge in [-0.15, -0.1) is 11.3 Å². The molecule has 1 aliphatic rings. The molecule has 8 nitrogen and oxygen atoms in total. The number of hydrogen-bond donors (Lipinski definition) is 2. The predicted molar refractivity (Wildman–Crippen MR) is 145 cm³/mol. The molecular formula is C28H31N5O3S. The average molecular weight is 518 g/mol. The van der Waals surface area contributed by atoms with Crippen molar-refractivity contribution in [1.29, 1.82) is 5.26 Å². The maximum Gasteiger partial charge on any atom is 0.251 e. The fraction of sp³-hybridized carbons (Fsp3) is 0.393. The molecule has 0 aliphatic carbocycles. The number of fused-ring (bicyclic) bond motifs is 2. The van der Waals surface area contributed by atoms with Crippen molar-refractivity contribution < 1.29 is 14.3 Å². The van der Waals surface area contributed by atoms with E-state index in [9.17, 15) is 10.1 Å². The van der Waals surface area contributed by atoms with Crippen molar-refractivity contribution in [2.24, 2.45) is 0 Å². The van der Waals surface area contributed by atoms with E-state index >= 15 is 0 Å². The maximum absolute atomic E-state index is 12.8. The molecule has 1 amide bonds. The Morgan fingerprint density at radius 3 is 3.00 bits per heavy atom. The number of nitrogens with one attached hydrogen (secondary N) is 2. The lowest BCUT2D eigenvalue weighted by molar-refractivity contribution is -0.136. The molecule has 3 atom stereocenters. The summed E-state index contributed by atoms with van der Waals surface area (Å²) in [6.45, 7) is 5.56. The van der Waals surface area contributed by atoms with Gasteiger partial charge in [-0.3, -0.25) is 9.78 Å². The molecule has 0 bridgehead atoms. The molecular weight excluding hydrogens is 486 g/mol. The van der Waals surface area contributed by atoms with Crippen LogP contribution in [0.3, 0.4) is 0 Å². The number of methoxy groups -OCH3 is 1. The first-order valence-electron chi connectivity index (χ1n) is 12.5. The van der Waals surface area contributed by atoms with E-state index in [1.807, 2.05) is 20.0 Å². The van der Waals surface area contributed by atoms with E-state index in [1.54, 1.807) is 18.4 Å². The highest BCUT2D eigenvalue weighted by Gasteiger charge is 2.25. The summed E-state index contributed by atoms with van der Waals surface area (Å²) in [6.07, 6.45) is 4.74. The summed E-state index contributed by atoms with van der Waals surface area (Å²) >= 11 is 1.65. The zero-order chi connectivity index (χ0) is 25.9. The monoisotopic (exact) mass is 517 g/mol. The summed E-state index contributed by atoms with van der Waals surface area (Å²) < 4.78 is 14.4. The highest BCUT2D eigenvalue weighted by Crippen LogP contribution is 2.32. The molecule has 4 heterocycles. The number of thiophene rings is 1. The van der Waals surface area contributed by atoms with Gasteiger partial charge in [-0.1, -0.05) is 6.07 Å². The van der Waals surface area contributed by atoms with E-state index in [2.05, 4.69) is 62.6 Å². The number of nitrogens with zero attached hydrogens (tertiary/aromatic N) is 3. The molecule has 1 aliphatic heterocycles. The smallest absolute Gasteiger partial charge is 0.251 e. The average Bonchev–Trinajstić information content (AvgIpc) is 3.47. The molecule has 4 aromatic rings. The van der Waals surface area contributed by atoms with Gasteiger partial charge >= 0.3 is 0 Å². The normalized spacial score (nSPS) is 19.3.